The zero-order valence-electron chi connectivity index (χ0n) is 8.51. The zero-order valence-corrected chi connectivity index (χ0v) is 10.1. The molecule has 0 bridgehead atoms. The first-order chi connectivity index (χ1) is 7.75. The van der Waals surface area contributed by atoms with E-state index in [1.165, 1.54) is 0 Å². The molecule has 1 aromatic heterocycles. The fraction of sp³-hybridized carbons (Fsp3) is 0.0909. The number of benzene rings is 1. The summed E-state index contributed by atoms with van der Waals surface area (Å²) in [5.74, 6) is 0.413. The second kappa shape index (κ2) is 4.94. The summed E-state index contributed by atoms with van der Waals surface area (Å²) in [6.45, 7) is 0.480. The van der Waals surface area contributed by atoms with Gasteiger partial charge in [-0.3, -0.25) is 4.84 Å². The minimum absolute atomic E-state index is 0.413. The van der Waals surface area contributed by atoms with Gasteiger partial charge in [0.15, 0.2) is 12.4 Å². The summed E-state index contributed by atoms with van der Waals surface area (Å²) < 4.78 is 2.27. The molecule has 16 heavy (non-hydrogen) atoms. The van der Waals surface area contributed by atoms with Crippen LogP contribution in [0, 0.1) is 0 Å². The lowest BCUT2D eigenvalue weighted by Gasteiger charge is -2.00. The van der Waals surface area contributed by atoms with Crippen molar-refractivity contribution in [2.75, 3.05) is 5.73 Å². The zero-order chi connectivity index (χ0) is 11.4. The van der Waals surface area contributed by atoms with Crippen LogP contribution in [0.2, 0.25) is 0 Å². The van der Waals surface area contributed by atoms with Crippen LogP contribution in [0.25, 0.3) is 0 Å². The van der Waals surface area contributed by atoms with Crippen LogP contribution in [0.5, 0.6) is 0 Å². The third kappa shape index (κ3) is 2.70. The van der Waals surface area contributed by atoms with Crippen LogP contribution >= 0.6 is 15.9 Å². The monoisotopic (exact) mass is 280 g/mol. The van der Waals surface area contributed by atoms with Crippen molar-refractivity contribution in [2.24, 2.45) is 0 Å². The SMILES string of the molecule is Nc1c[n+](OCc2ccccc2)c(Br)cn1. The number of nitrogens with zero attached hydrogens (tertiary/aromatic N) is 2. The van der Waals surface area contributed by atoms with Crippen molar-refractivity contribution in [1.82, 2.24) is 4.98 Å². The molecule has 0 radical (unpaired) electrons. The van der Waals surface area contributed by atoms with E-state index < -0.39 is 0 Å². The van der Waals surface area contributed by atoms with Crippen molar-refractivity contribution in [3.8, 4) is 0 Å². The van der Waals surface area contributed by atoms with Crippen molar-refractivity contribution in [3.63, 3.8) is 0 Å². The van der Waals surface area contributed by atoms with Gasteiger partial charge in [0.2, 0.25) is 0 Å². The first-order valence-electron chi connectivity index (χ1n) is 4.75. The van der Waals surface area contributed by atoms with Gasteiger partial charge in [0.25, 0.3) is 6.20 Å². The number of rotatable bonds is 3. The van der Waals surface area contributed by atoms with Gasteiger partial charge < -0.3 is 5.73 Å². The van der Waals surface area contributed by atoms with Crippen LogP contribution < -0.4 is 15.3 Å². The van der Waals surface area contributed by atoms with E-state index in [9.17, 15) is 0 Å². The van der Waals surface area contributed by atoms with E-state index in [0.717, 1.165) is 10.2 Å². The van der Waals surface area contributed by atoms with Gasteiger partial charge >= 0.3 is 4.60 Å². The quantitative estimate of drug-likeness (QED) is 0.864. The molecule has 0 amide bonds. The Balaban J connectivity index is 2.08. The van der Waals surface area contributed by atoms with Crippen LogP contribution in [0.4, 0.5) is 5.82 Å². The lowest BCUT2D eigenvalue weighted by atomic mass is 10.2. The van der Waals surface area contributed by atoms with Crippen LogP contribution in [0.15, 0.2) is 47.3 Å². The average molecular weight is 281 g/mol. The van der Waals surface area contributed by atoms with Crippen LogP contribution in [0.1, 0.15) is 5.56 Å². The number of anilines is 1. The summed E-state index contributed by atoms with van der Waals surface area (Å²) in [4.78, 5) is 9.48. The van der Waals surface area contributed by atoms with E-state index >= 15 is 0 Å². The Labute approximate surface area is 102 Å². The Morgan fingerprint density at radius 1 is 1.31 bits per heavy atom. The predicted molar refractivity (Wildman–Crippen MR) is 63.3 cm³/mol. The van der Waals surface area contributed by atoms with E-state index in [0.29, 0.717) is 12.4 Å². The van der Waals surface area contributed by atoms with Crippen LogP contribution in [-0.2, 0) is 6.61 Å². The second-order valence-corrected chi connectivity index (χ2v) is 4.03. The molecule has 1 aromatic carbocycles. The fourth-order valence-electron chi connectivity index (χ4n) is 1.22. The number of hydrogen-bond acceptors (Lipinski definition) is 3. The molecule has 0 fully saturated rings. The Morgan fingerprint density at radius 2 is 2.06 bits per heavy atom. The summed E-state index contributed by atoms with van der Waals surface area (Å²) >= 11 is 3.32. The number of halogens is 1. The van der Waals surface area contributed by atoms with E-state index in [-0.39, 0.29) is 0 Å². The molecule has 0 aliphatic carbocycles. The molecule has 4 nitrogen and oxygen atoms in total. The molecule has 0 aliphatic rings. The summed E-state index contributed by atoms with van der Waals surface area (Å²) in [6, 6.07) is 9.91. The van der Waals surface area contributed by atoms with Crippen molar-refractivity contribution >= 4 is 21.7 Å². The summed E-state index contributed by atoms with van der Waals surface area (Å²) in [6.07, 6.45) is 3.22. The van der Waals surface area contributed by atoms with Crippen molar-refractivity contribution in [2.45, 2.75) is 6.61 Å². The van der Waals surface area contributed by atoms with Gasteiger partial charge in [-0.15, -0.1) is 0 Å². The second-order valence-electron chi connectivity index (χ2n) is 3.22. The smallest absolute Gasteiger partial charge is 0.317 e. The minimum Gasteiger partial charge on any atom is -0.379 e. The minimum atomic E-state index is 0.413. The molecule has 2 N–H and O–H groups in total. The maximum Gasteiger partial charge on any atom is 0.317 e. The topological polar surface area (TPSA) is 52.0 Å². The molecule has 0 atom stereocenters. The fourth-order valence-corrected chi connectivity index (χ4v) is 1.52. The van der Waals surface area contributed by atoms with Gasteiger partial charge in [0, 0.05) is 20.7 Å². The van der Waals surface area contributed by atoms with E-state index in [1.54, 1.807) is 17.1 Å². The lowest BCUT2D eigenvalue weighted by molar-refractivity contribution is -0.903. The highest BCUT2D eigenvalue weighted by molar-refractivity contribution is 9.10. The first kappa shape index (κ1) is 10.9. The van der Waals surface area contributed by atoms with Crippen molar-refractivity contribution in [1.29, 1.82) is 0 Å². The molecule has 82 valence electrons. The summed E-state index contributed by atoms with van der Waals surface area (Å²) in [7, 11) is 0. The average Bonchev–Trinajstić information content (AvgIpc) is 2.32. The molecule has 0 aliphatic heterocycles. The molecular formula is C11H11BrN3O+. The molecular weight excluding hydrogens is 270 g/mol. The number of hydrogen-bond donors (Lipinski definition) is 1. The van der Waals surface area contributed by atoms with Gasteiger partial charge in [-0.1, -0.05) is 30.3 Å². The van der Waals surface area contributed by atoms with Gasteiger partial charge in [0.05, 0.1) is 0 Å². The molecule has 2 aromatic rings. The number of nitrogens with two attached hydrogens (primary N) is 1. The maximum absolute atomic E-state index is 5.56. The van der Waals surface area contributed by atoms with Crippen LogP contribution in [-0.4, -0.2) is 4.98 Å². The number of nitrogen functional groups attached to an aromatic ring is 1. The Kier molecular flexibility index (Phi) is 3.36. The van der Waals surface area contributed by atoms with E-state index in [1.807, 2.05) is 30.3 Å². The molecule has 0 unspecified atom stereocenters. The standard InChI is InChI=1S/C11H11BrN3O/c12-10-6-14-11(13)7-15(10)16-8-9-4-2-1-3-5-9/h1-7H,8H2,(H2,13,14)/q+1. The Hall–Kier alpha value is -1.62. The van der Waals surface area contributed by atoms with Crippen molar-refractivity contribution < 1.29 is 9.57 Å². The van der Waals surface area contributed by atoms with Gasteiger partial charge in [0.1, 0.15) is 6.20 Å². The third-order valence-electron chi connectivity index (χ3n) is 1.99. The first-order valence-corrected chi connectivity index (χ1v) is 5.55. The summed E-state index contributed by atoms with van der Waals surface area (Å²) in [5.41, 5.74) is 6.66. The molecule has 1 heterocycles. The highest BCUT2D eigenvalue weighted by Gasteiger charge is 2.11. The molecule has 0 saturated heterocycles. The molecule has 2 rings (SSSR count). The molecule has 0 saturated carbocycles. The van der Waals surface area contributed by atoms with Gasteiger partial charge in [-0.25, -0.2) is 4.98 Å². The number of aromatic nitrogens is 2. The van der Waals surface area contributed by atoms with Crippen LogP contribution in [0.3, 0.4) is 0 Å². The maximum atomic E-state index is 5.56. The molecule has 0 spiro atoms. The molecule has 5 heteroatoms. The normalized spacial score (nSPS) is 10.1. The highest BCUT2D eigenvalue weighted by Crippen LogP contribution is 2.02. The third-order valence-corrected chi connectivity index (χ3v) is 2.55. The lowest BCUT2D eigenvalue weighted by Crippen LogP contribution is -2.43. The van der Waals surface area contributed by atoms with Crippen molar-refractivity contribution in [3.05, 3.63) is 52.9 Å². The van der Waals surface area contributed by atoms with E-state index in [2.05, 4.69) is 20.9 Å². The largest absolute Gasteiger partial charge is 0.379 e. The summed E-state index contributed by atoms with van der Waals surface area (Å²) in [5, 5.41) is 0. The predicted octanol–water partition coefficient (Wildman–Crippen LogP) is 1.34. The van der Waals surface area contributed by atoms with Gasteiger partial charge in [-0.05, 0) is 5.56 Å². The Bertz CT molecular complexity index is 476. The highest BCUT2D eigenvalue weighted by atomic mass is 79.9. The Morgan fingerprint density at radius 3 is 2.81 bits per heavy atom. The van der Waals surface area contributed by atoms with Gasteiger partial charge in [-0.2, -0.15) is 0 Å². The van der Waals surface area contributed by atoms with E-state index in [4.69, 9.17) is 10.6 Å².